The third kappa shape index (κ3) is 3.70. The van der Waals surface area contributed by atoms with Crippen LogP contribution in [-0.2, 0) is 8.85 Å². The Morgan fingerprint density at radius 1 is 1.19 bits per heavy atom. The van der Waals surface area contributed by atoms with Crippen LogP contribution in [0.25, 0.3) is 0 Å². The van der Waals surface area contributed by atoms with Crippen LogP contribution in [0.3, 0.4) is 0 Å². The van der Waals surface area contributed by atoms with E-state index in [1.54, 1.807) is 0 Å². The van der Waals surface area contributed by atoms with Gasteiger partial charge in [0.15, 0.2) is 0 Å². The highest BCUT2D eigenvalue weighted by Crippen LogP contribution is 2.27. The number of rotatable bonds is 6. The Labute approximate surface area is 108 Å². The first-order valence-corrected chi connectivity index (χ1v) is 8.08. The zero-order valence-electron chi connectivity index (χ0n) is 10.1. The third-order valence-corrected chi connectivity index (χ3v) is 5.69. The Hall–Kier alpha value is -0.163. The van der Waals surface area contributed by atoms with Crippen LogP contribution in [0.1, 0.15) is 31.9 Å². The Balaban J connectivity index is 2.81. The molecule has 0 radical (unpaired) electrons. The summed E-state index contributed by atoms with van der Waals surface area (Å²) >= 11 is 3.58. The van der Waals surface area contributed by atoms with Crippen LogP contribution < -0.4 is 0 Å². The van der Waals surface area contributed by atoms with Gasteiger partial charge in [0.25, 0.3) is 0 Å². The van der Waals surface area contributed by atoms with Crippen molar-refractivity contribution >= 4 is 25.2 Å². The largest absolute Gasteiger partial charge is 0.396 e. The molecule has 0 N–H and O–H groups in total. The second-order valence-corrected chi connectivity index (χ2v) is 6.85. The first-order chi connectivity index (χ1) is 7.70. The van der Waals surface area contributed by atoms with Gasteiger partial charge in [0.1, 0.15) is 0 Å². The third-order valence-electron chi connectivity index (χ3n) is 2.47. The van der Waals surface area contributed by atoms with Crippen LogP contribution in [0.4, 0.5) is 0 Å². The first-order valence-electron chi connectivity index (χ1n) is 5.68. The molecule has 90 valence electrons. The van der Waals surface area contributed by atoms with Gasteiger partial charge in [-0.15, -0.1) is 0 Å². The summed E-state index contributed by atoms with van der Waals surface area (Å²) in [4.78, 5) is 0. The summed E-state index contributed by atoms with van der Waals surface area (Å²) in [6.07, 6.45) is 0. The maximum atomic E-state index is 5.75. The summed E-state index contributed by atoms with van der Waals surface area (Å²) in [7, 11) is -1.61. The summed E-state index contributed by atoms with van der Waals surface area (Å²) in [5, 5.41) is 0. The van der Waals surface area contributed by atoms with E-state index < -0.39 is 9.28 Å². The van der Waals surface area contributed by atoms with Gasteiger partial charge in [-0.3, -0.25) is 0 Å². The van der Waals surface area contributed by atoms with Gasteiger partial charge < -0.3 is 8.85 Å². The molecule has 0 aliphatic carbocycles. The molecule has 1 aromatic carbocycles. The number of benzene rings is 1. The topological polar surface area (TPSA) is 18.5 Å². The molecule has 1 atom stereocenters. The maximum Gasteiger partial charge on any atom is 0.328 e. The van der Waals surface area contributed by atoms with Crippen LogP contribution in [0.5, 0.6) is 0 Å². The lowest BCUT2D eigenvalue weighted by Crippen LogP contribution is -2.30. The Bertz CT molecular complexity index is 314. The number of hydrogen-bond donors (Lipinski definition) is 0. The van der Waals surface area contributed by atoms with Gasteiger partial charge in [0.2, 0.25) is 0 Å². The van der Waals surface area contributed by atoms with Crippen LogP contribution in [0.15, 0.2) is 28.7 Å². The van der Waals surface area contributed by atoms with Crippen molar-refractivity contribution in [2.75, 3.05) is 13.2 Å². The molecule has 0 saturated carbocycles. The zero-order chi connectivity index (χ0) is 12.0. The van der Waals surface area contributed by atoms with E-state index in [-0.39, 0.29) is 0 Å². The fraction of sp³-hybridized carbons (Fsp3) is 0.500. The smallest absolute Gasteiger partial charge is 0.328 e. The van der Waals surface area contributed by atoms with Gasteiger partial charge in [0.05, 0.1) is 0 Å². The van der Waals surface area contributed by atoms with E-state index in [0.717, 1.165) is 17.7 Å². The molecule has 1 rings (SSSR count). The van der Waals surface area contributed by atoms with E-state index >= 15 is 0 Å². The molecule has 4 heteroatoms. The predicted molar refractivity (Wildman–Crippen MR) is 73.0 cm³/mol. The normalized spacial score (nSPS) is 13.1. The summed E-state index contributed by atoms with van der Waals surface area (Å²) in [5.74, 6) is 0. The molecule has 0 aromatic heterocycles. The quantitative estimate of drug-likeness (QED) is 0.750. The van der Waals surface area contributed by atoms with Crippen molar-refractivity contribution in [2.24, 2.45) is 0 Å². The molecule has 16 heavy (non-hydrogen) atoms. The van der Waals surface area contributed by atoms with Crippen molar-refractivity contribution in [3.63, 3.8) is 0 Å². The molecule has 0 bridgehead atoms. The first kappa shape index (κ1) is 13.9. The Morgan fingerprint density at radius 3 is 2.25 bits per heavy atom. The van der Waals surface area contributed by atoms with E-state index in [1.807, 2.05) is 19.9 Å². The standard InChI is InChI=1S/C12H19BrO2Si/c1-4-14-16(15-5-2)10(3)11-8-6-7-9-12(11)13/h6-10,16H,4-5H2,1-3H3. The van der Waals surface area contributed by atoms with Gasteiger partial charge in [0, 0.05) is 23.2 Å². The minimum atomic E-state index is -1.61. The van der Waals surface area contributed by atoms with Gasteiger partial charge >= 0.3 is 9.28 Å². The fourth-order valence-corrected chi connectivity index (χ4v) is 4.46. The van der Waals surface area contributed by atoms with Crippen LogP contribution in [-0.4, -0.2) is 22.5 Å². The number of halogens is 1. The van der Waals surface area contributed by atoms with Crippen molar-refractivity contribution in [2.45, 2.75) is 26.3 Å². The minimum Gasteiger partial charge on any atom is -0.396 e. The lowest BCUT2D eigenvalue weighted by Gasteiger charge is -2.22. The molecule has 0 amide bonds. The number of hydrogen-bond acceptors (Lipinski definition) is 2. The van der Waals surface area contributed by atoms with Crippen LogP contribution >= 0.6 is 15.9 Å². The lowest BCUT2D eigenvalue weighted by molar-refractivity contribution is 0.206. The maximum absolute atomic E-state index is 5.75. The highest BCUT2D eigenvalue weighted by molar-refractivity contribution is 9.10. The summed E-state index contributed by atoms with van der Waals surface area (Å²) in [6.45, 7) is 7.68. The Morgan fingerprint density at radius 2 is 1.75 bits per heavy atom. The molecule has 0 aliphatic heterocycles. The molecule has 0 spiro atoms. The zero-order valence-corrected chi connectivity index (χ0v) is 12.8. The van der Waals surface area contributed by atoms with Crippen molar-refractivity contribution in [1.82, 2.24) is 0 Å². The molecule has 0 fully saturated rings. The van der Waals surface area contributed by atoms with Gasteiger partial charge in [-0.2, -0.15) is 0 Å². The minimum absolute atomic E-state index is 0.357. The van der Waals surface area contributed by atoms with E-state index in [9.17, 15) is 0 Å². The van der Waals surface area contributed by atoms with E-state index in [0.29, 0.717) is 5.54 Å². The fourth-order valence-electron chi connectivity index (χ4n) is 1.66. The average Bonchev–Trinajstić information content (AvgIpc) is 2.28. The van der Waals surface area contributed by atoms with Gasteiger partial charge in [-0.25, -0.2) is 0 Å². The van der Waals surface area contributed by atoms with Crippen molar-refractivity contribution < 1.29 is 8.85 Å². The summed E-state index contributed by atoms with van der Waals surface area (Å²) in [6, 6.07) is 8.28. The molecule has 0 heterocycles. The van der Waals surface area contributed by atoms with E-state index in [4.69, 9.17) is 8.85 Å². The molecule has 2 nitrogen and oxygen atoms in total. The van der Waals surface area contributed by atoms with Gasteiger partial charge in [-0.05, 0) is 25.5 Å². The SMILES string of the molecule is CCO[SiH](OCC)C(C)c1ccccc1Br. The lowest BCUT2D eigenvalue weighted by atomic mass is 10.2. The van der Waals surface area contributed by atoms with Crippen molar-refractivity contribution in [1.29, 1.82) is 0 Å². The van der Waals surface area contributed by atoms with Crippen molar-refractivity contribution in [3.8, 4) is 0 Å². The molecule has 0 aliphatic rings. The highest BCUT2D eigenvalue weighted by Gasteiger charge is 2.24. The summed E-state index contributed by atoms with van der Waals surface area (Å²) in [5.41, 5.74) is 1.64. The molecule has 1 unspecified atom stereocenters. The second kappa shape index (κ2) is 7.22. The van der Waals surface area contributed by atoms with E-state index in [2.05, 4.69) is 41.1 Å². The van der Waals surface area contributed by atoms with Gasteiger partial charge in [-0.1, -0.05) is 41.1 Å². The predicted octanol–water partition coefficient (Wildman–Crippen LogP) is 3.39. The van der Waals surface area contributed by atoms with E-state index in [1.165, 1.54) is 5.56 Å². The second-order valence-electron chi connectivity index (χ2n) is 3.59. The average molecular weight is 303 g/mol. The monoisotopic (exact) mass is 302 g/mol. The highest BCUT2D eigenvalue weighted by atomic mass is 79.9. The van der Waals surface area contributed by atoms with Crippen LogP contribution in [0, 0.1) is 0 Å². The van der Waals surface area contributed by atoms with Crippen molar-refractivity contribution in [3.05, 3.63) is 34.3 Å². The van der Waals surface area contributed by atoms with Crippen LogP contribution in [0.2, 0.25) is 0 Å². The molecule has 0 saturated heterocycles. The molecular weight excluding hydrogens is 284 g/mol. The summed E-state index contributed by atoms with van der Waals surface area (Å²) < 4.78 is 12.6. The molecular formula is C12H19BrO2Si. The molecule has 1 aromatic rings. The Kier molecular flexibility index (Phi) is 6.27.